The van der Waals surface area contributed by atoms with Crippen molar-refractivity contribution in [2.24, 2.45) is 14.1 Å². The number of aromatic amines is 1. The van der Waals surface area contributed by atoms with Crippen LogP contribution in [-0.2, 0) is 18.9 Å². The average molecular weight is 380 g/mol. The van der Waals surface area contributed by atoms with Crippen molar-refractivity contribution >= 4 is 46.1 Å². The number of fused-ring (bicyclic) bond motifs is 1. The Labute approximate surface area is 150 Å². The highest BCUT2D eigenvalue weighted by molar-refractivity contribution is 7.99. The topological polar surface area (TPSA) is 102 Å². The van der Waals surface area contributed by atoms with Crippen LogP contribution >= 0.6 is 23.4 Å². The van der Waals surface area contributed by atoms with Crippen LogP contribution in [0.4, 0.5) is 5.69 Å². The number of nitrogens with one attached hydrogen (secondary N) is 2. The highest BCUT2D eigenvalue weighted by Crippen LogP contribution is 2.21. The second-order valence-corrected chi connectivity index (χ2v) is 6.63. The van der Waals surface area contributed by atoms with Crippen LogP contribution in [0.5, 0.6) is 0 Å². The third kappa shape index (κ3) is 3.33. The quantitative estimate of drug-likeness (QED) is 0.666. The molecule has 0 aliphatic carbocycles. The molecule has 2 heterocycles. The van der Waals surface area contributed by atoms with Crippen molar-refractivity contribution in [1.29, 1.82) is 0 Å². The Kier molecular flexibility index (Phi) is 4.69. The highest BCUT2D eigenvalue weighted by Gasteiger charge is 2.14. The Balaban J connectivity index is 1.78. The molecule has 0 bridgehead atoms. The van der Waals surface area contributed by atoms with Gasteiger partial charge in [-0.05, 0) is 12.1 Å². The Morgan fingerprint density at radius 3 is 2.72 bits per heavy atom. The first-order valence-corrected chi connectivity index (χ1v) is 8.57. The second kappa shape index (κ2) is 6.77. The minimum atomic E-state index is -0.461. The summed E-state index contributed by atoms with van der Waals surface area (Å²) in [5.74, 6) is -0.195. The molecule has 0 radical (unpaired) electrons. The number of H-pyrrole nitrogens is 1. The molecule has 3 aromatic rings. The molecular weight excluding hydrogens is 366 g/mol. The van der Waals surface area contributed by atoms with Crippen LogP contribution in [0.25, 0.3) is 11.2 Å². The van der Waals surface area contributed by atoms with E-state index in [1.165, 1.54) is 18.7 Å². The molecule has 8 nitrogen and oxygen atoms in total. The van der Waals surface area contributed by atoms with Crippen molar-refractivity contribution in [3.63, 3.8) is 0 Å². The lowest BCUT2D eigenvalue weighted by molar-refractivity contribution is -0.113. The Morgan fingerprint density at radius 1 is 1.28 bits per heavy atom. The van der Waals surface area contributed by atoms with Crippen molar-refractivity contribution in [3.8, 4) is 0 Å². The van der Waals surface area contributed by atoms with Gasteiger partial charge >= 0.3 is 5.69 Å². The van der Waals surface area contributed by atoms with Crippen LogP contribution < -0.4 is 16.6 Å². The van der Waals surface area contributed by atoms with E-state index in [0.717, 1.165) is 16.3 Å². The SMILES string of the molecule is Cn1c(=O)c2[nH]c(SCC(=O)Nc3ccccc3Cl)nc2n(C)c1=O. The van der Waals surface area contributed by atoms with Gasteiger partial charge in [0.2, 0.25) is 5.91 Å². The third-order valence-corrected chi connectivity index (χ3v) is 4.76. The van der Waals surface area contributed by atoms with Crippen LogP contribution in [0, 0.1) is 0 Å². The summed E-state index contributed by atoms with van der Waals surface area (Å²) in [6, 6.07) is 6.92. The fourth-order valence-corrected chi connectivity index (χ4v) is 3.10. The first kappa shape index (κ1) is 17.3. The summed E-state index contributed by atoms with van der Waals surface area (Å²) in [6.07, 6.45) is 0. The summed E-state index contributed by atoms with van der Waals surface area (Å²) in [7, 11) is 2.93. The number of halogens is 1. The van der Waals surface area contributed by atoms with Crippen LogP contribution in [-0.4, -0.2) is 30.8 Å². The standard InChI is InChI=1S/C15H14ClN5O3S/c1-20-12-11(13(23)21(2)15(20)24)18-14(19-12)25-7-10(22)17-9-6-4-3-5-8(9)16/h3-6H,7H2,1-2H3,(H,17,22)(H,18,19). The maximum Gasteiger partial charge on any atom is 0.332 e. The number of thioether (sulfide) groups is 1. The molecule has 2 aromatic heterocycles. The van der Waals surface area contributed by atoms with E-state index in [1.807, 2.05) is 0 Å². The van der Waals surface area contributed by atoms with Gasteiger partial charge in [-0.3, -0.25) is 18.7 Å². The van der Waals surface area contributed by atoms with E-state index >= 15 is 0 Å². The van der Waals surface area contributed by atoms with Gasteiger partial charge in [-0.25, -0.2) is 9.78 Å². The summed E-state index contributed by atoms with van der Waals surface area (Å²) in [5.41, 5.74) is 0.0753. The minimum absolute atomic E-state index is 0.0688. The van der Waals surface area contributed by atoms with Crippen LogP contribution in [0.3, 0.4) is 0 Å². The number of rotatable bonds is 4. The van der Waals surface area contributed by atoms with E-state index in [0.29, 0.717) is 15.9 Å². The fraction of sp³-hybridized carbons (Fsp3) is 0.200. The summed E-state index contributed by atoms with van der Waals surface area (Å²) < 4.78 is 2.28. The Bertz CT molecular complexity index is 1080. The van der Waals surface area contributed by atoms with E-state index < -0.39 is 11.2 Å². The van der Waals surface area contributed by atoms with Gasteiger partial charge in [-0.2, -0.15) is 0 Å². The van der Waals surface area contributed by atoms with E-state index in [2.05, 4.69) is 15.3 Å². The number of nitrogens with zero attached hydrogens (tertiary/aromatic N) is 3. The number of para-hydroxylation sites is 1. The molecule has 0 aliphatic heterocycles. The molecule has 10 heteroatoms. The largest absolute Gasteiger partial charge is 0.332 e. The smallest absolute Gasteiger partial charge is 0.327 e. The lowest BCUT2D eigenvalue weighted by atomic mass is 10.3. The maximum atomic E-state index is 12.1. The molecule has 1 amide bonds. The average Bonchev–Trinajstić information content (AvgIpc) is 3.03. The molecule has 0 unspecified atom stereocenters. The van der Waals surface area contributed by atoms with Gasteiger partial charge in [-0.15, -0.1) is 0 Å². The van der Waals surface area contributed by atoms with Gasteiger partial charge < -0.3 is 10.3 Å². The highest BCUT2D eigenvalue weighted by atomic mass is 35.5. The van der Waals surface area contributed by atoms with E-state index in [-0.39, 0.29) is 22.8 Å². The van der Waals surface area contributed by atoms with Gasteiger partial charge in [0.1, 0.15) is 0 Å². The van der Waals surface area contributed by atoms with Gasteiger partial charge in [0.15, 0.2) is 16.3 Å². The second-order valence-electron chi connectivity index (χ2n) is 5.26. The zero-order valence-corrected chi connectivity index (χ0v) is 14.9. The van der Waals surface area contributed by atoms with Gasteiger partial charge in [0.25, 0.3) is 5.56 Å². The van der Waals surface area contributed by atoms with Crippen LogP contribution in [0.1, 0.15) is 0 Å². The first-order valence-electron chi connectivity index (χ1n) is 7.21. The number of imidazole rings is 1. The first-order chi connectivity index (χ1) is 11.9. The lowest BCUT2D eigenvalue weighted by Gasteiger charge is -2.05. The molecule has 0 atom stereocenters. The number of aromatic nitrogens is 4. The number of hydrogen-bond donors (Lipinski definition) is 2. The number of aryl methyl sites for hydroxylation is 1. The summed E-state index contributed by atoms with van der Waals surface area (Å²) in [5, 5.41) is 3.53. The van der Waals surface area contributed by atoms with Gasteiger partial charge in [0.05, 0.1) is 16.5 Å². The number of hydrogen-bond acceptors (Lipinski definition) is 5. The van der Waals surface area contributed by atoms with Crippen molar-refractivity contribution in [3.05, 3.63) is 50.1 Å². The molecule has 0 aliphatic rings. The Hall–Kier alpha value is -2.52. The molecule has 130 valence electrons. The number of carbonyl (C=O) groups is 1. The summed E-state index contributed by atoms with van der Waals surface area (Å²) >= 11 is 7.12. The van der Waals surface area contributed by atoms with E-state index in [1.54, 1.807) is 24.3 Å². The Morgan fingerprint density at radius 2 is 2.00 bits per heavy atom. The van der Waals surface area contributed by atoms with Crippen molar-refractivity contribution in [2.75, 3.05) is 11.1 Å². The molecule has 25 heavy (non-hydrogen) atoms. The lowest BCUT2D eigenvalue weighted by Crippen LogP contribution is -2.36. The molecule has 0 spiro atoms. The molecular formula is C15H14ClN5O3S. The number of carbonyl (C=O) groups excluding carboxylic acids is 1. The number of benzene rings is 1. The van der Waals surface area contributed by atoms with Gasteiger partial charge in [0, 0.05) is 14.1 Å². The van der Waals surface area contributed by atoms with Crippen molar-refractivity contribution < 1.29 is 4.79 Å². The third-order valence-electron chi connectivity index (χ3n) is 3.56. The summed E-state index contributed by atoms with van der Waals surface area (Å²) in [6.45, 7) is 0. The molecule has 0 saturated carbocycles. The number of anilines is 1. The molecule has 0 saturated heterocycles. The molecule has 0 fully saturated rings. The zero-order valence-electron chi connectivity index (χ0n) is 13.4. The molecule has 1 aromatic carbocycles. The molecule has 2 N–H and O–H groups in total. The fourth-order valence-electron chi connectivity index (χ4n) is 2.26. The normalized spacial score (nSPS) is 11.0. The van der Waals surface area contributed by atoms with Gasteiger partial charge in [-0.1, -0.05) is 35.5 Å². The monoisotopic (exact) mass is 379 g/mol. The zero-order chi connectivity index (χ0) is 18.1. The predicted octanol–water partition coefficient (Wildman–Crippen LogP) is 1.34. The number of amides is 1. The predicted molar refractivity (Wildman–Crippen MR) is 97.4 cm³/mol. The maximum absolute atomic E-state index is 12.1. The van der Waals surface area contributed by atoms with E-state index in [4.69, 9.17) is 11.6 Å². The summed E-state index contributed by atoms with van der Waals surface area (Å²) in [4.78, 5) is 43.1. The minimum Gasteiger partial charge on any atom is -0.327 e. The van der Waals surface area contributed by atoms with Crippen LogP contribution in [0.15, 0.2) is 39.0 Å². The van der Waals surface area contributed by atoms with E-state index in [9.17, 15) is 14.4 Å². The van der Waals surface area contributed by atoms with Crippen molar-refractivity contribution in [2.45, 2.75) is 5.16 Å². The molecule has 3 rings (SSSR count). The van der Waals surface area contributed by atoms with Crippen LogP contribution in [0.2, 0.25) is 5.02 Å². The van der Waals surface area contributed by atoms with Crippen molar-refractivity contribution in [1.82, 2.24) is 19.1 Å².